The third-order valence-corrected chi connectivity index (χ3v) is 5.74. The number of hydrogen-bond acceptors (Lipinski definition) is 1. The van der Waals surface area contributed by atoms with Crippen molar-refractivity contribution in [3.63, 3.8) is 0 Å². The Morgan fingerprint density at radius 3 is 2.08 bits per heavy atom. The molecule has 0 spiro atoms. The summed E-state index contributed by atoms with van der Waals surface area (Å²) < 4.78 is 1.24. The van der Waals surface area contributed by atoms with Crippen LogP contribution >= 0.6 is 0 Å². The third kappa shape index (κ3) is 4.85. The van der Waals surface area contributed by atoms with E-state index in [9.17, 15) is 0 Å². The standard InChI is InChI=1S/C23H33N2/c1-20-11-10-12-21(2)23(20)24-15-18-25(16-8-3-4-9-17-25)19-22-13-6-5-7-14-22/h5-7,10-14,24H,3-4,8-9,15-19H2,1-2H3/q+1. The van der Waals surface area contributed by atoms with E-state index in [4.69, 9.17) is 0 Å². The van der Waals surface area contributed by atoms with Crippen LogP contribution in [0.3, 0.4) is 0 Å². The number of nitrogens with zero attached hydrogens (tertiary/aromatic N) is 1. The summed E-state index contributed by atoms with van der Waals surface area (Å²) in [5.74, 6) is 0. The molecular weight excluding hydrogens is 304 g/mol. The van der Waals surface area contributed by atoms with Gasteiger partial charge in [-0.3, -0.25) is 0 Å². The summed E-state index contributed by atoms with van der Waals surface area (Å²) in [5, 5.41) is 3.74. The van der Waals surface area contributed by atoms with Gasteiger partial charge in [-0.2, -0.15) is 0 Å². The molecule has 2 nitrogen and oxygen atoms in total. The van der Waals surface area contributed by atoms with Crippen molar-refractivity contribution in [3.8, 4) is 0 Å². The van der Waals surface area contributed by atoms with Crippen molar-refractivity contribution in [1.29, 1.82) is 0 Å². The van der Waals surface area contributed by atoms with Crippen LogP contribution in [0.2, 0.25) is 0 Å². The van der Waals surface area contributed by atoms with E-state index in [-0.39, 0.29) is 0 Å². The number of quaternary nitrogens is 1. The Morgan fingerprint density at radius 2 is 1.44 bits per heavy atom. The van der Waals surface area contributed by atoms with Crippen molar-refractivity contribution in [2.24, 2.45) is 0 Å². The molecule has 25 heavy (non-hydrogen) atoms. The van der Waals surface area contributed by atoms with Gasteiger partial charge in [0.2, 0.25) is 0 Å². The Bertz CT molecular complexity index is 635. The topological polar surface area (TPSA) is 12.0 Å². The van der Waals surface area contributed by atoms with Gasteiger partial charge in [-0.1, -0.05) is 48.5 Å². The van der Waals surface area contributed by atoms with Crippen LogP contribution in [0, 0.1) is 13.8 Å². The smallest absolute Gasteiger partial charge is 0.104 e. The monoisotopic (exact) mass is 337 g/mol. The Kier molecular flexibility index (Phi) is 6.14. The van der Waals surface area contributed by atoms with E-state index in [1.165, 1.54) is 78.7 Å². The minimum Gasteiger partial charge on any atom is -0.379 e. The maximum Gasteiger partial charge on any atom is 0.104 e. The fraction of sp³-hybridized carbons (Fsp3) is 0.478. The first-order valence-electron chi connectivity index (χ1n) is 9.88. The molecule has 0 atom stereocenters. The molecule has 2 aromatic rings. The number of benzene rings is 2. The largest absolute Gasteiger partial charge is 0.379 e. The summed E-state index contributed by atoms with van der Waals surface area (Å²) in [6, 6.07) is 17.6. The molecule has 134 valence electrons. The van der Waals surface area contributed by atoms with Crippen molar-refractivity contribution < 1.29 is 4.48 Å². The highest BCUT2D eigenvalue weighted by molar-refractivity contribution is 5.56. The Labute approximate surface area is 153 Å². The first-order valence-corrected chi connectivity index (χ1v) is 9.88. The quantitative estimate of drug-likeness (QED) is 0.705. The fourth-order valence-corrected chi connectivity index (χ4v) is 4.30. The first-order chi connectivity index (χ1) is 12.2. The van der Waals surface area contributed by atoms with Gasteiger partial charge < -0.3 is 9.80 Å². The summed E-state index contributed by atoms with van der Waals surface area (Å²) in [6.45, 7) is 10.5. The summed E-state index contributed by atoms with van der Waals surface area (Å²) in [5.41, 5.74) is 5.52. The molecule has 1 aliphatic rings. The highest BCUT2D eigenvalue weighted by Crippen LogP contribution is 2.23. The van der Waals surface area contributed by atoms with E-state index >= 15 is 0 Å². The molecular formula is C23H33N2+. The second kappa shape index (κ2) is 8.53. The van der Waals surface area contributed by atoms with Crippen molar-refractivity contribution >= 4 is 5.69 Å². The van der Waals surface area contributed by atoms with Gasteiger partial charge in [-0.25, -0.2) is 0 Å². The number of aryl methyl sites for hydroxylation is 2. The van der Waals surface area contributed by atoms with Gasteiger partial charge >= 0.3 is 0 Å². The van der Waals surface area contributed by atoms with Crippen LogP contribution < -0.4 is 5.32 Å². The molecule has 1 fully saturated rings. The van der Waals surface area contributed by atoms with Gasteiger partial charge in [0.15, 0.2) is 0 Å². The molecule has 0 unspecified atom stereocenters. The maximum absolute atomic E-state index is 3.74. The van der Waals surface area contributed by atoms with Crippen molar-refractivity contribution in [2.75, 3.05) is 31.5 Å². The Morgan fingerprint density at radius 1 is 0.800 bits per heavy atom. The molecule has 0 aromatic heterocycles. The molecule has 0 saturated carbocycles. The van der Waals surface area contributed by atoms with Crippen molar-refractivity contribution in [3.05, 3.63) is 65.2 Å². The summed E-state index contributed by atoms with van der Waals surface area (Å²) >= 11 is 0. The van der Waals surface area contributed by atoms with Crippen molar-refractivity contribution in [2.45, 2.75) is 46.1 Å². The molecule has 3 rings (SSSR count). The molecule has 0 amide bonds. The Balaban J connectivity index is 1.69. The average molecular weight is 338 g/mol. The number of para-hydroxylation sites is 1. The van der Waals surface area contributed by atoms with Crippen LogP contribution in [0.15, 0.2) is 48.5 Å². The number of anilines is 1. The van der Waals surface area contributed by atoms with Gasteiger partial charge in [-0.15, -0.1) is 0 Å². The van der Waals surface area contributed by atoms with Gasteiger partial charge in [0.05, 0.1) is 26.2 Å². The lowest BCUT2D eigenvalue weighted by Gasteiger charge is -2.38. The summed E-state index contributed by atoms with van der Waals surface area (Å²) in [7, 11) is 0. The molecule has 1 heterocycles. The lowest BCUT2D eigenvalue weighted by atomic mass is 10.1. The Hall–Kier alpha value is -1.80. The lowest BCUT2D eigenvalue weighted by molar-refractivity contribution is -0.938. The predicted octanol–water partition coefficient (Wildman–Crippen LogP) is 5.31. The normalized spacial score (nSPS) is 17.0. The average Bonchev–Trinajstić information content (AvgIpc) is 2.84. The number of rotatable bonds is 6. The second-order valence-corrected chi connectivity index (χ2v) is 7.76. The van der Waals surface area contributed by atoms with Crippen LogP contribution in [0.25, 0.3) is 0 Å². The zero-order valence-electron chi connectivity index (χ0n) is 15.9. The SMILES string of the molecule is Cc1cccc(C)c1NCC[N+]1(Cc2ccccc2)CCCCCC1. The molecule has 1 N–H and O–H groups in total. The minimum atomic E-state index is 1.05. The molecule has 1 saturated heterocycles. The lowest BCUT2D eigenvalue weighted by Crippen LogP contribution is -2.50. The van der Waals surface area contributed by atoms with Gasteiger partial charge in [0.25, 0.3) is 0 Å². The highest BCUT2D eigenvalue weighted by Gasteiger charge is 2.28. The van der Waals surface area contributed by atoms with E-state index in [2.05, 4.69) is 67.7 Å². The zero-order chi connectivity index (χ0) is 17.5. The molecule has 0 aliphatic carbocycles. The molecule has 2 heteroatoms. The van der Waals surface area contributed by atoms with Crippen LogP contribution in [-0.2, 0) is 6.54 Å². The second-order valence-electron chi connectivity index (χ2n) is 7.76. The van der Waals surface area contributed by atoms with Crippen LogP contribution in [-0.4, -0.2) is 30.7 Å². The van der Waals surface area contributed by atoms with Gasteiger partial charge in [0.1, 0.15) is 6.54 Å². The molecule has 1 aliphatic heterocycles. The van der Waals surface area contributed by atoms with E-state index < -0.39 is 0 Å². The molecule has 0 radical (unpaired) electrons. The van der Waals surface area contributed by atoms with Crippen LogP contribution in [0.4, 0.5) is 5.69 Å². The van der Waals surface area contributed by atoms with Gasteiger partial charge in [0, 0.05) is 11.3 Å². The van der Waals surface area contributed by atoms with E-state index in [0.29, 0.717) is 0 Å². The fourth-order valence-electron chi connectivity index (χ4n) is 4.30. The number of hydrogen-bond donors (Lipinski definition) is 1. The molecule has 2 aromatic carbocycles. The zero-order valence-corrected chi connectivity index (χ0v) is 15.9. The van der Waals surface area contributed by atoms with Crippen LogP contribution in [0.1, 0.15) is 42.4 Å². The predicted molar refractivity (Wildman–Crippen MR) is 108 cm³/mol. The number of nitrogens with one attached hydrogen (secondary N) is 1. The van der Waals surface area contributed by atoms with E-state index in [1.54, 1.807) is 0 Å². The highest BCUT2D eigenvalue weighted by atomic mass is 15.4. The van der Waals surface area contributed by atoms with Crippen molar-refractivity contribution in [1.82, 2.24) is 0 Å². The third-order valence-electron chi connectivity index (χ3n) is 5.74. The minimum absolute atomic E-state index is 1.05. The van der Waals surface area contributed by atoms with E-state index in [1.807, 2.05) is 0 Å². The summed E-state index contributed by atoms with van der Waals surface area (Å²) in [6.07, 6.45) is 5.55. The maximum atomic E-state index is 3.74. The molecule has 0 bridgehead atoms. The van der Waals surface area contributed by atoms with Gasteiger partial charge in [-0.05, 0) is 50.7 Å². The van der Waals surface area contributed by atoms with Crippen LogP contribution in [0.5, 0.6) is 0 Å². The first kappa shape index (κ1) is 18.0. The summed E-state index contributed by atoms with van der Waals surface area (Å²) in [4.78, 5) is 0. The van der Waals surface area contributed by atoms with E-state index in [0.717, 1.165) is 6.54 Å². The number of likely N-dealkylation sites (tertiary alicyclic amines) is 1.